The van der Waals surface area contributed by atoms with Gasteiger partial charge in [-0.15, -0.1) is 0 Å². The molecule has 1 aromatic carbocycles. The number of benzene rings is 1. The van der Waals surface area contributed by atoms with Crippen LogP contribution in [0.15, 0.2) is 35.6 Å². The number of fused-ring (bicyclic) bond motifs is 1. The van der Waals surface area contributed by atoms with Crippen LogP contribution in [0.4, 0.5) is 0 Å². The number of nitrogens with zero attached hydrogens (tertiary/aromatic N) is 3. The van der Waals surface area contributed by atoms with Gasteiger partial charge in [0, 0.05) is 0 Å². The molecule has 0 spiro atoms. The van der Waals surface area contributed by atoms with Crippen LogP contribution in [0, 0.1) is 0 Å². The Balaban J connectivity index is 2.36. The third-order valence-electron chi connectivity index (χ3n) is 2.15. The molecule has 0 unspecified atom stereocenters. The maximum atomic E-state index is 5.29. The fourth-order valence-corrected chi connectivity index (χ4v) is 1.37. The molecule has 1 aromatic heterocycles. The van der Waals surface area contributed by atoms with Gasteiger partial charge in [-0.05, 0) is 31.3 Å². The Bertz CT molecular complexity index is 593. The molecule has 3 N–H and O–H groups in total. The van der Waals surface area contributed by atoms with Gasteiger partial charge in [-0.25, -0.2) is 4.98 Å². The SMILES string of the molecule is C/C(=N/NC(N)=S)c1cnc2ccccc2n1. The van der Waals surface area contributed by atoms with Crippen LogP contribution in [0.5, 0.6) is 0 Å². The molecule has 0 saturated heterocycles. The van der Waals surface area contributed by atoms with Gasteiger partial charge in [-0.3, -0.25) is 10.4 Å². The summed E-state index contributed by atoms with van der Waals surface area (Å²) in [6, 6.07) is 7.65. The summed E-state index contributed by atoms with van der Waals surface area (Å²) in [5.41, 5.74) is 10.9. The van der Waals surface area contributed by atoms with E-state index in [0.29, 0.717) is 11.4 Å². The topological polar surface area (TPSA) is 76.2 Å². The summed E-state index contributed by atoms with van der Waals surface area (Å²) >= 11 is 4.66. The molecule has 6 heteroatoms. The van der Waals surface area contributed by atoms with Crippen LogP contribution in [0.25, 0.3) is 11.0 Å². The van der Waals surface area contributed by atoms with Crippen molar-refractivity contribution in [2.75, 3.05) is 0 Å². The van der Waals surface area contributed by atoms with E-state index in [-0.39, 0.29) is 5.11 Å². The number of aromatic nitrogens is 2. The van der Waals surface area contributed by atoms with Crippen molar-refractivity contribution in [2.45, 2.75) is 6.92 Å². The van der Waals surface area contributed by atoms with Gasteiger partial charge in [0.05, 0.1) is 22.9 Å². The van der Waals surface area contributed by atoms with Gasteiger partial charge >= 0.3 is 0 Å². The highest BCUT2D eigenvalue weighted by atomic mass is 32.1. The van der Waals surface area contributed by atoms with Crippen molar-refractivity contribution in [3.05, 3.63) is 36.2 Å². The molecule has 0 aliphatic heterocycles. The molecule has 5 nitrogen and oxygen atoms in total. The fourth-order valence-electron chi connectivity index (χ4n) is 1.33. The van der Waals surface area contributed by atoms with Gasteiger partial charge < -0.3 is 5.73 Å². The summed E-state index contributed by atoms with van der Waals surface area (Å²) < 4.78 is 0. The zero-order chi connectivity index (χ0) is 12.3. The Morgan fingerprint density at radius 3 is 2.76 bits per heavy atom. The van der Waals surface area contributed by atoms with Gasteiger partial charge in [-0.2, -0.15) is 5.10 Å². The summed E-state index contributed by atoms with van der Waals surface area (Å²) in [7, 11) is 0. The van der Waals surface area contributed by atoms with Crippen molar-refractivity contribution in [1.82, 2.24) is 15.4 Å². The second-order valence-electron chi connectivity index (χ2n) is 3.42. The lowest BCUT2D eigenvalue weighted by atomic mass is 10.2. The highest BCUT2D eigenvalue weighted by molar-refractivity contribution is 7.80. The Kier molecular flexibility index (Phi) is 3.24. The fraction of sp³-hybridized carbons (Fsp3) is 0.0909. The molecule has 0 fully saturated rings. The number of hydrogen-bond acceptors (Lipinski definition) is 4. The number of thiocarbonyl (C=S) groups is 1. The number of hydrazone groups is 1. The van der Waals surface area contributed by atoms with E-state index in [9.17, 15) is 0 Å². The van der Waals surface area contributed by atoms with Gasteiger partial charge in [0.25, 0.3) is 0 Å². The standard InChI is InChI=1S/C11H11N5S/c1-7(15-16-11(12)17)10-6-13-8-4-2-3-5-9(8)14-10/h2-6H,1H3,(H3,12,16,17)/b15-7-. The molecule has 2 rings (SSSR count). The highest BCUT2D eigenvalue weighted by Crippen LogP contribution is 2.08. The molecule has 0 atom stereocenters. The Morgan fingerprint density at radius 1 is 1.35 bits per heavy atom. The van der Waals surface area contributed by atoms with Crippen molar-refractivity contribution in [3.8, 4) is 0 Å². The minimum Gasteiger partial charge on any atom is -0.375 e. The van der Waals surface area contributed by atoms with E-state index >= 15 is 0 Å². The molecule has 2 aromatic rings. The quantitative estimate of drug-likeness (QED) is 0.472. The zero-order valence-corrected chi connectivity index (χ0v) is 10.0. The van der Waals surface area contributed by atoms with E-state index in [0.717, 1.165) is 11.0 Å². The summed E-state index contributed by atoms with van der Waals surface area (Å²) in [6.45, 7) is 1.81. The highest BCUT2D eigenvalue weighted by Gasteiger charge is 2.02. The van der Waals surface area contributed by atoms with Crippen LogP contribution in [0.1, 0.15) is 12.6 Å². The monoisotopic (exact) mass is 245 g/mol. The van der Waals surface area contributed by atoms with Crippen molar-refractivity contribution in [2.24, 2.45) is 10.8 Å². The van der Waals surface area contributed by atoms with Gasteiger partial charge in [0.1, 0.15) is 5.69 Å². The summed E-state index contributed by atoms with van der Waals surface area (Å²) in [4.78, 5) is 8.73. The predicted octanol–water partition coefficient (Wildman–Crippen LogP) is 1.19. The van der Waals surface area contributed by atoms with E-state index in [2.05, 4.69) is 32.7 Å². The van der Waals surface area contributed by atoms with Gasteiger partial charge in [0.2, 0.25) is 0 Å². The first-order chi connectivity index (χ1) is 8.16. The van der Waals surface area contributed by atoms with Crippen molar-refractivity contribution < 1.29 is 0 Å². The molecular weight excluding hydrogens is 234 g/mol. The molecule has 1 heterocycles. The van der Waals surface area contributed by atoms with E-state index in [1.54, 1.807) is 6.20 Å². The van der Waals surface area contributed by atoms with Gasteiger partial charge in [-0.1, -0.05) is 12.1 Å². The number of nitrogens with one attached hydrogen (secondary N) is 1. The Labute approximate surface area is 104 Å². The van der Waals surface area contributed by atoms with Crippen LogP contribution in [0.2, 0.25) is 0 Å². The lowest BCUT2D eigenvalue weighted by molar-refractivity contribution is 1.02. The average Bonchev–Trinajstić information content (AvgIpc) is 2.35. The van der Waals surface area contributed by atoms with Crippen LogP contribution in [-0.4, -0.2) is 20.8 Å². The largest absolute Gasteiger partial charge is 0.375 e. The third-order valence-corrected chi connectivity index (χ3v) is 2.24. The number of rotatable bonds is 2. The van der Waals surface area contributed by atoms with Crippen molar-refractivity contribution in [3.63, 3.8) is 0 Å². The van der Waals surface area contributed by atoms with Gasteiger partial charge in [0.15, 0.2) is 5.11 Å². The molecule has 0 aliphatic rings. The van der Waals surface area contributed by atoms with E-state index < -0.39 is 0 Å². The minimum absolute atomic E-state index is 0.123. The predicted molar refractivity (Wildman–Crippen MR) is 71.7 cm³/mol. The van der Waals surface area contributed by atoms with E-state index in [1.165, 1.54) is 0 Å². The van der Waals surface area contributed by atoms with Crippen LogP contribution < -0.4 is 11.2 Å². The second-order valence-corrected chi connectivity index (χ2v) is 3.86. The lowest BCUT2D eigenvalue weighted by Gasteiger charge is -2.02. The van der Waals surface area contributed by atoms with Crippen LogP contribution in [0.3, 0.4) is 0 Å². The molecule has 86 valence electrons. The zero-order valence-electron chi connectivity index (χ0n) is 9.21. The van der Waals surface area contributed by atoms with E-state index in [1.807, 2.05) is 31.2 Å². The maximum Gasteiger partial charge on any atom is 0.184 e. The smallest absolute Gasteiger partial charge is 0.184 e. The first kappa shape index (κ1) is 11.4. The molecule has 0 saturated carbocycles. The molecule has 0 bridgehead atoms. The lowest BCUT2D eigenvalue weighted by Crippen LogP contribution is -2.25. The number of para-hydroxylation sites is 2. The van der Waals surface area contributed by atoms with Crippen LogP contribution >= 0.6 is 12.2 Å². The third kappa shape index (κ3) is 2.73. The normalized spacial score (nSPS) is 11.5. The molecule has 0 radical (unpaired) electrons. The second kappa shape index (κ2) is 4.84. The molecule has 0 aliphatic carbocycles. The number of hydrogen-bond donors (Lipinski definition) is 2. The first-order valence-electron chi connectivity index (χ1n) is 4.99. The summed E-state index contributed by atoms with van der Waals surface area (Å²) in [5, 5.41) is 4.12. The molecular formula is C11H11N5S. The maximum absolute atomic E-state index is 5.29. The van der Waals surface area contributed by atoms with E-state index in [4.69, 9.17) is 5.73 Å². The molecule has 0 amide bonds. The summed E-state index contributed by atoms with van der Waals surface area (Å²) in [5.74, 6) is 0. The Hall–Kier alpha value is -2.08. The Morgan fingerprint density at radius 2 is 2.06 bits per heavy atom. The summed E-state index contributed by atoms with van der Waals surface area (Å²) in [6.07, 6.45) is 1.67. The number of nitrogens with two attached hydrogens (primary N) is 1. The first-order valence-corrected chi connectivity index (χ1v) is 5.39. The van der Waals surface area contributed by atoms with Crippen LogP contribution in [-0.2, 0) is 0 Å². The van der Waals surface area contributed by atoms with Crippen molar-refractivity contribution >= 4 is 34.1 Å². The van der Waals surface area contributed by atoms with Crippen molar-refractivity contribution in [1.29, 1.82) is 0 Å². The minimum atomic E-state index is 0.123. The molecule has 17 heavy (non-hydrogen) atoms. The average molecular weight is 245 g/mol.